The molecule has 0 aliphatic heterocycles. The van der Waals surface area contributed by atoms with Gasteiger partial charge in [-0.3, -0.25) is 0 Å². The maximum Gasteiger partial charge on any atom is 0.0820 e. The molecule has 0 aliphatic carbocycles. The summed E-state index contributed by atoms with van der Waals surface area (Å²) in [6, 6.07) is 0.593. The van der Waals surface area contributed by atoms with Gasteiger partial charge in [0.2, 0.25) is 0 Å². The summed E-state index contributed by atoms with van der Waals surface area (Å²) in [5.41, 5.74) is 4.38. The lowest BCUT2D eigenvalue weighted by atomic mass is 9.89. The van der Waals surface area contributed by atoms with Crippen LogP contribution in [0.3, 0.4) is 0 Å². The molecule has 3 N–H and O–H groups in total. The highest BCUT2D eigenvalue weighted by molar-refractivity contribution is 4.63. The second-order valence-electron chi connectivity index (χ2n) is 3.87. The topological polar surface area (TPSA) is 27.6 Å². The third kappa shape index (κ3) is 5.96. The van der Waals surface area contributed by atoms with Gasteiger partial charge in [0, 0.05) is 6.42 Å². The zero-order chi connectivity index (χ0) is 6.78. The first-order valence-electron chi connectivity index (χ1n) is 3.25. The van der Waals surface area contributed by atoms with Crippen LogP contribution in [-0.4, -0.2) is 6.04 Å². The molecule has 0 saturated carbocycles. The maximum absolute atomic E-state index is 3.92. The van der Waals surface area contributed by atoms with Crippen molar-refractivity contribution in [2.45, 2.75) is 40.2 Å². The molecule has 8 heavy (non-hydrogen) atoms. The molecule has 1 atom stereocenters. The second kappa shape index (κ2) is 2.49. The molecule has 1 heteroatoms. The largest absolute Gasteiger partial charge is 0.355 e. The molecule has 0 rings (SSSR count). The summed E-state index contributed by atoms with van der Waals surface area (Å²) in [7, 11) is 0. The highest BCUT2D eigenvalue weighted by Crippen LogP contribution is 2.18. The first-order chi connectivity index (χ1) is 3.42. The third-order valence-electron chi connectivity index (χ3n) is 0.961. The molecule has 50 valence electrons. The van der Waals surface area contributed by atoms with E-state index in [0.717, 1.165) is 0 Å². The summed E-state index contributed by atoms with van der Waals surface area (Å²) in [6.45, 7) is 8.89. The van der Waals surface area contributed by atoms with Crippen LogP contribution in [0.2, 0.25) is 0 Å². The molecule has 0 unspecified atom stereocenters. The van der Waals surface area contributed by atoms with E-state index in [1.807, 2.05) is 0 Å². The van der Waals surface area contributed by atoms with Crippen molar-refractivity contribution in [3.63, 3.8) is 0 Å². The van der Waals surface area contributed by atoms with Gasteiger partial charge in [-0.25, -0.2) is 0 Å². The van der Waals surface area contributed by atoms with Crippen molar-refractivity contribution in [2.75, 3.05) is 0 Å². The van der Waals surface area contributed by atoms with E-state index in [4.69, 9.17) is 0 Å². The molecule has 0 aromatic rings. The van der Waals surface area contributed by atoms with E-state index < -0.39 is 0 Å². The molecule has 0 aromatic carbocycles. The predicted octanol–water partition coefficient (Wildman–Crippen LogP) is 1.05. The summed E-state index contributed by atoms with van der Waals surface area (Å²) >= 11 is 0. The number of rotatable bonds is 1. The smallest absolute Gasteiger partial charge is 0.0820 e. The van der Waals surface area contributed by atoms with Crippen molar-refractivity contribution >= 4 is 0 Å². The predicted molar refractivity (Wildman–Crippen MR) is 36.4 cm³/mol. The van der Waals surface area contributed by atoms with Crippen LogP contribution in [0.1, 0.15) is 34.1 Å². The van der Waals surface area contributed by atoms with Crippen LogP contribution in [0.25, 0.3) is 0 Å². The second-order valence-corrected chi connectivity index (χ2v) is 3.87. The Morgan fingerprint density at radius 2 is 1.75 bits per heavy atom. The first kappa shape index (κ1) is 7.96. The van der Waals surface area contributed by atoms with E-state index >= 15 is 0 Å². The molecule has 0 radical (unpaired) electrons. The average Bonchev–Trinajstić information content (AvgIpc) is 1.21. The van der Waals surface area contributed by atoms with Crippen LogP contribution in [-0.2, 0) is 0 Å². The molecule has 0 aliphatic rings. The third-order valence-corrected chi connectivity index (χ3v) is 0.961. The lowest BCUT2D eigenvalue weighted by Gasteiger charge is -2.17. The van der Waals surface area contributed by atoms with Gasteiger partial charge < -0.3 is 5.73 Å². The molecule has 0 heterocycles. The molecular formula is C7H18N+. The first-order valence-corrected chi connectivity index (χ1v) is 3.25. The summed E-state index contributed by atoms with van der Waals surface area (Å²) in [5.74, 6) is 0. The van der Waals surface area contributed by atoms with Gasteiger partial charge in [-0.15, -0.1) is 0 Å². The summed E-state index contributed by atoms with van der Waals surface area (Å²) in [6.07, 6.45) is 1.22. The molecule has 0 amide bonds. The Balaban J connectivity index is 3.39. The minimum absolute atomic E-state index is 0.459. The minimum atomic E-state index is 0.459. The molecular weight excluding hydrogens is 98.1 g/mol. The Morgan fingerprint density at radius 1 is 1.38 bits per heavy atom. The van der Waals surface area contributed by atoms with Gasteiger partial charge in [-0.2, -0.15) is 0 Å². The lowest BCUT2D eigenvalue weighted by Crippen LogP contribution is -2.60. The van der Waals surface area contributed by atoms with Crippen molar-refractivity contribution in [2.24, 2.45) is 5.41 Å². The van der Waals surface area contributed by atoms with E-state index in [0.29, 0.717) is 11.5 Å². The monoisotopic (exact) mass is 116 g/mol. The van der Waals surface area contributed by atoms with E-state index in [9.17, 15) is 0 Å². The minimum Gasteiger partial charge on any atom is -0.355 e. The number of hydrogen-bond acceptors (Lipinski definition) is 0. The summed E-state index contributed by atoms with van der Waals surface area (Å²) in [4.78, 5) is 0. The summed E-state index contributed by atoms with van der Waals surface area (Å²) < 4.78 is 0. The van der Waals surface area contributed by atoms with Crippen LogP contribution in [0, 0.1) is 5.41 Å². The molecule has 0 fully saturated rings. The fourth-order valence-electron chi connectivity index (χ4n) is 1.05. The quantitative estimate of drug-likeness (QED) is 0.530. The standard InChI is InChI=1S/C7H17N/c1-6(8)5-7(2,3)4/h6H,5,8H2,1-4H3/p+1/t6-/m0/s1. The van der Waals surface area contributed by atoms with Gasteiger partial charge in [-0.1, -0.05) is 20.8 Å². The van der Waals surface area contributed by atoms with Crippen LogP contribution in [0.4, 0.5) is 0 Å². The number of hydrogen-bond donors (Lipinski definition) is 1. The highest BCUT2D eigenvalue weighted by atomic mass is 14.6. The van der Waals surface area contributed by atoms with Crippen molar-refractivity contribution < 1.29 is 5.73 Å². The normalized spacial score (nSPS) is 16.1. The van der Waals surface area contributed by atoms with Gasteiger partial charge in [0.25, 0.3) is 0 Å². The molecule has 1 nitrogen and oxygen atoms in total. The molecule has 0 aromatic heterocycles. The Bertz CT molecular complexity index is 59.3. The SMILES string of the molecule is C[C@H]([NH3+])CC(C)(C)C. The van der Waals surface area contributed by atoms with Crippen molar-refractivity contribution in [3.8, 4) is 0 Å². The van der Waals surface area contributed by atoms with Crippen LogP contribution in [0.15, 0.2) is 0 Å². The number of quaternary nitrogens is 1. The van der Waals surface area contributed by atoms with Gasteiger partial charge in [-0.05, 0) is 12.3 Å². The maximum atomic E-state index is 3.92. The average molecular weight is 116 g/mol. The van der Waals surface area contributed by atoms with E-state index in [2.05, 4.69) is 33.4 Å². The zero-order valence-electron chi connectivity index (χ0n) is 6.49. The van der Waals surface area contributed by atoms with Crippen LogP contribution < -0.4 is 5.73 Å². The highest BCUT2D eigenvalue weighted by Gasteiger charge is 2.13. The molecule has 0 spiro atoms. The van der Waals surface area contributed by atoms with Crippen molar-refractivity contribution in [1.82, 2.24) is 0 Å². The van der Waals surface area contributed by atoms with Crippen molar-refractivity contribution in [3.05, 3.63) is 0 Å². The van der Waals surface area contributed by atoms with Gasteiger partial charge in [0.1, 0.15) is 0 Å². The van der Waals surface area contributed by atoms with Gasteiger partial charge in [0.15, 0.2) is 0 Å². The molecule has 0 saturated heterocycles. The van der Waals surface area contributed by atoms with Gasteiger partial charge >= 0.3 is 0 Å². The summed E-state index contributed by atoms with van der Waals surface area (Å²) in [5, 5.41) is 0. The van der Waals surface area contributed by atoms with E-state index in [-0.39, 0.29) is 0 Å². The van der Waals surface area contributed by atoms with Crippen molar-refractivity contribution in [1.29, 1.82) is 0 Å². The fourth-order valence-corrected chi connectivity index (χ4v) is 1.05. The van der Waals surface area contributed by atoms with E-state index in [1.54, 1.807) is 0 Å². The Morgan fingerprint density at radius 3 is 1.75 bits per heavy atom. The van der Waals surface area contributed by atoms with Crippen LogP contribution in [0.5, 0.6) is 0 Å². The zero-order valence-corrected chi connectivity index (χ0v) is 6.49. The molecule has 0 bridgehead atoms. The van der Waals surface area contributed by atoms with Gasteiger partial charge in [0.05, 0.1) is 6.04 Å². The lowest BCUT2D eigenvalue weighted by molar-refractivity contribution is -0.418. The Kier molecular flexibility index (Phi) is 2.48. The Labute approximate surface area is 52.3 Å². The fraction of sp³-hybridized carbons (Fsp3) is 1.00. The van der Waals surface area contributed by atoms with Crippen LogP contribution >= 0.6 is 0 Å². The van der Waals surface area contributed by atoms with E-state index in [1.165, 1.54) is 6.42 Å². The Hall–Kier alpha value is -0.0400.